The molecule has 17 heavy (non-hydrogen) atoms. The monoisotopic (exact) mass is 226 g/mol. The average molecular weight is 226 g/mol. The molecule has 3 heteroatoms. The van der Waals surface area contributed by atoms with Crippen LogP contribution in [-0.4, -0.2) is 18.3 Å². The molecule has 2 aromatic carbocycles. The summed E-state index contributed by atoms with van der Waals surface area (Å²) in [5, 5.41) is 12.6. The Morgan fingerprint density at radius 3 is 1.94 bits per heavy atom. The van der Waals surface area contributed by atoms with Gasteiger partial charge in [-0.2, -0.15) is 0 Å². The van der Waals surface area contributed by atoms with Gasteiger partial charge >= 0.3 is 0 Å². The zero-order valence-electron chi connectivity index (χ0n) is 9.43. The molecule has 0 fully saturated rings. The first-order valence-electron chi connectivity index (χ1n) is 5.73. The Balaban J connectivity index is 2.13. The summed E-state index contributed by atoms with van der Waals surface area (Å²) >= 11 is 0. The lowest BCUT2D eigenvalue weighted by atomic mass is 10.1. The molecule has 2 N–H and O–H groups in total. The van der Waals surface area contributed by atoms with Crippen LogP contribution in [0.2, 0.25) is 0 Å². The molecule has 1 heterocycles. The number of anilines is 4. The fourth-order valence-corrected chi connectivity index (χ4v) is 2.25. The van der Waals surface area contributed by atoms with Gasteiger partial charge in [0, 0.05) is 6.54 Å². The molecule has 0 bridgehead atoms. The lowest BCUT2D eigenvalue weighted by Crippen LogP contribution is -2.25. The van der Waals surface area contributed by atoms with Crippen molar-refractivity contribution in [2.24, 2.45) is 0 Å². The van der Waals surface area contributed by atoms with E-state index in [1.807, 2.05) is 24.3 Å². The van der Waals surface area contributed by atoms with Crippen LogP contribution in [0, 0.1) is 0 Å². The van der Waals surface area contributed by atoms with Crippen LogP contribution in [0.1, 0.15) is 0 Å². The quantitative estimate of drug-likeness (QED) is 0.826. The van der Waals surface area contributed by atoms with E-state index in [0.717, 1.165) is 22.7 Å². The van der Waals surface area contributed by atoms with Gasteiger partial charge in [0.2, 0.25) is 0 Å². The van der Waals surface area contributed by atoms with Crippen LogP contribution in [0.15, 0.2) is 48.5 Å². The van der Waals surface area contributed by atoms with Crippen LogP contribution in [0.5, 0.6) is 0 Å². The third-order valence-electron chi connectivity index (χ3n) is 2.98. The van der Waals surface area contributed by atoms with Gasteiger partial charge in [-0.1, -0.05) is 24.3 Å². The molecule has 0 saturated carbocycles. The van der Waals surface area contributed by atoms with E-state index in [4.69, 9.17) is 0 Å². The standard InChI is InChI=1S/C14H14N2O/c17-10-9-16-13-7-3-1-5-11(13)15-12-6-2-4-8-14(12)16/h1-8,15,17H,9-10H2. The molecule has 86 valence electrons. The highest BCUT2D eigenvalue weighted by Crippen LogP contribution is 2.42. The summed E-state index contributed by atoms with van der Waals surface area (Å²) in [7, 11) is 0. The second-order valence-corrected chi connectivity index (χ2v) is 4.03. The van der Waals surface area contributed by atoms with Crippen molar-refractivity contribution < 1.29 is 5.11 Å². The molecular weight excluding hydrogens is 212 g/mol. The average Bonchev–Trinajstić information content (AvgIpc) is 2.39. The van der Waals surface area contributed by atoms with Crippen molar-refractivity contribution in [3.8, 4) is 0 Å². The Morgan fingerprint density at radius 2 is 1.41 bits per heavy atom. The van der Waals surface area contributed by atoms with E-state index in [2.05, 4.69) is 34.5 Å². The summed E-state index contributed by atoms with van der Waals surface area (Å²) in [5.41, 5.74) is 4.39. The number of para-hydroxylation sites is 4. The van der Waals surface area contributed by atoms with Gasteiger partial charge < -0.3 is 15.3 Å². The van der Waals surface area contributed by atoms with Crippen LogP contribution in [0.3, 0.4) is 0 Å². The summed E-state index contributed by atoms with van der Waals surface area (Å²) in [4.78, 5) is 2.14. The fraction of sp³-hybridized carbons (Fsp3) is 0.143. The van der Waals surface area contributed by atoms with Crippen LogP contribution in [0.25, 0.3) is 0 Å². The van der Waals surface area contributed by atoms with Crippen molar-refractivity contribution in [1.82, 2.24) is 0 Å². The van der Waals surface area contributed by atoms with Crippen molar-refractivity contribution in [3.05, 3.63) is 48.5 Å². The molecule has 2 aromatic rings. The van der Waals surface area contributed by atoms with E-state index in [9.17, 15) is 5.11 Å². The number of fused-ring (bicyclic) bond motifs is 2. The maximum absolute atomic E-state index is 9.21. The maximum Gasteiger partial charge on any atom is 0.0651 e. The molecule has 0 atom stereocenters. The molecule has 0 amide bonds. The van der Waals surface area contributed by atoms with Gasteiger partial charge in [0.15, 0.2) is 0 Å². The Hall–Kier alpha value is -2.00. The molecule has 1 aliphatic rings. The first kappa shape index (κ1) is 10.2. The number of β-amino-alcohol motifs (C(OH)–C–C–N with tert-alkyl or cyclic N) is 1. The van der Waals surface area contributed by atoms with Gasteiger partial charge in [-0.15, -0.1) is 0 Å². The zero-order valence-corrected chi connectivity index (χ0v) is 9.43. The van der Waals surface area contributed by atoms with E-state index in [1.54, 1.807) is 0 Å². The number of rotatable bonds is 2. The molecular formula is C14H14N2O. The molecule has 1 aliphatic heterocycles. The molecule has 0 spiro atoms. The number of benzene rings is 2. The molecule has 0 aromatic heterocycles. The van der Waals surface area contributed by atoms with Crippen molar-refractivity contribution in [2.75, 3.05) is 23.4 Å². The van der Waals surface area contributed by atoms with Crippen LogP contribution in [0.4, 0.5) is 22.7 Å². The molecule has 0 aliphatic carbocycles. The molecule has 0 unspecified atom stereocenters. The SMILES string of the molecule is OCCN1c2ccccc2Nc2ccccc21. The number of aliphatic hydroxyl groups excluding tert-OH is 1. The van der Waals surface area contributed by atoms with Gasteiger partial charge in [0.1, 0.15) is 0 Å². The lowest BCUT2D eigenvalue weighted by molar-refractivity contribution is 0.305. The van der Waals surface area contributed by atoms with Crippen LogP contribution in [-0.2, 0) is 0 Å². The van der Waals surface area contributed by atoms with Crippen molar-refractivity contribution in [2.45, 2.75) is 0 Å². The van der Waals surface area contributed by atoms with Crippen molar-refractivity contribution in [1.29, 1.82) is 0 Å². The minimum atomic E-state index is 0.142. The number of nitrogens with zero attached hydrogens (tertiary/aromatic N) is 1. The molecule has 3 rings (SSSR count). The highest BCUT2D eigenvalue weighted by atomic mass is 16.3. The van der Waals surface area contributed by atoms with Gasteiger partial charge in [0.05, 0.1) is 29.4 Å². The molecule has 0 radical (unpaired) electrons. The second-order valence-electron chi connectivity index (χ2n) is 4.03. The molecule has 0 saturated heterocycles. The Bertz CT molecular complexity index is 494. The minimum Gasteiger partial charge on any atom is -0.395 e. The van der Waals surface area contributed by atoms with Gasteiger partial charge in [-0.25, -0.2) is 0 Å². The first-order chi connectivity index (χ1) is 8.40. The predicted molar refractivity (Wildman–Crippen MR) is 70.3 cm³/mol. The van der Waals surface area contributed by atoms with Crippen molar-refractivity contribution in [3.63, 3.8) is 0 Å². The maximum atomic E-state index is 9.21. The van der Waals surface area contributed by atoms with Gasteiger partial charge in [0.25, 0.3) is 0 Å². The van der Waals surface area contributed by atoms with Gasteiger partial charge in [-0.05, 0) is 24.3 Å². The van der Waals surface area contributed by atoms with E-state index >= 15 is 0 Å². The minimum absolute atomic E-state index is 0.142. The number of hydrogen-bond acceptors (Lipinski definition) is 3. The van der Waals surface area contributed by atoms with E-state index < -0.39 is 0 Å². The van der Waals surface area contributed by atoms with E-state index in [1.165, 1.54) is 0 Å². The van der Waals surface area contributed by atoms with Crippen LogP contribution < -0.4 is 10.2 Å². The van der Waals surface area contributed by atoms with Crippen molar-refractivity contribution >= 4 is 22.7 Å². The Kier molecular flexibility index (Phi) is 2.46. The highest BCUT2D eigenvalue weighted by molar-refractivity contribution is 5.91. The topological polar surface area (TPSA) is 35.5 Å². The smallest absolute Gasteiger partial charge is 0.0651 e. The summed E-state index contributed by atoms with van der Waals surface area (Å²) in [6.07, 6.45) is 0. The normalized spacial score (nSPS) is 12.6. The van der Waals surface area contributed by atoms with Gasteiger partial charge in [-0.3, -0.25) is 0 Å². The lowest BCUT2D eigenvalue weighted by Gasteiger charge is -2.33. The number of hydrogen-bond donors (Lipinski definition) is 2. The van der Waals surface area contributed by atoms with Crippen LogP contribution >= 0.6 is 0 Å². The number of aliphatic hydroxyl groups is 1. The summed E-state index contributed by atoms with van der Waals surface area (Å²) in [5.74, 6) is 0. The van der Waals surface area contributed by atoms with E-state index in [0.29, 0.717) is 6.54 Å². The second kappa shape index (κ2) is 4.11. The highest BCUT2D eigenvalue weighted by Gasteiger charge is 2.20. The molecule has 3 nitrogen and oxygen atoms in total. The summed E-state index contributed by atoms with van der Waals surface area (Å²) in [6.45, 7) is 0.748. The van der Waals surface area contributed by atoms with E-state index in [-0.39, 0.29) is 6.61 Å². The summed E-state index contributed by atoms with van der Waals surface area (Å²) < 4.78 is 0. The number of nitrogens with one attached hydrogen (secondary N) is 1. The summed E-state index contributed by atoms with van der Waals surface area (Å²) in [6, 6.07) is 16.3. The third-order valence-corrected chi connectivity index (χ3v) is 2.98. The zero-order chi connectivity index (χ0) is 11.7. The Morgan fingerprint density at radius 1 is 0.882 bits per heavy atom. The predicted octanol–water partition coefficient (Wildman–Crippen LogP) is 2.87. The fourth-order valence-electron chi connectivity index (χ4n) is 2.25. The Labute approximate surface area is 100 Å². The largest absolute Gasteiger partial charge is 0.395 e. The first-order valence-corrected chi connectivity index (χ1v) is 5.73. The third kappa shape index (κ3) is 1.65.